The zero-order chi connectivity index (χ0) is 15.2. The standard InChI is InChI=1S/C16H24N2O2S/c1-5-10-15(19)18(12-9-13(20-4)16(12,2)3)14(17-10)11-7-6-8-21-11/h6-8,10,12-14,17H,5,9H2,1-4H3. The molecule has 2 aliphatic rings. The monoisotopic (exact) mass is 308 g/mol. The molecule has 0 radical (unpaired) electrons. The fourth-order valence-electron chi connectivity index (χ4n) is 3.68. The summed E-state index contributed by atoms with van der Waals surface area (Å²) >= 11 is 1.71. The molecule has 1 N–H and O–H groups in total. The van der Waals surface area contributed by atoms with Gasteiger partial charge in [-0.2, -0.15) is 0 Å². The minimum Gasteiger partial charge on any atom is -0.381 e. The lowest BCUT2D eigenvalue weighted by Crippen LogP contribution is -2.63. The van der Waals surface area contributed by atoms with Gasteiger partial charge in [0, 0.05) is 23.4 Å². The summed E-state index contributed by atoms with van der Waals surface area (Å²) in [5.41, 5.74) is 0.00420. The number of hydrogen-bond acceptors (Lipinski definition) is 4. The summed E-state index contributed by atoms with van der Waals surface area (Å²) in [5.74, 6) is 0.239. The number of ether oxygens (including phenoxy) is 1. The van der Waals surface area contributed by atoms with E-state index in [2.05, 4.69) is 42.4 Å². The van der Waals surface area contributed by atoms with E-state index in [0.717, 1.165) is 12.8 Å². The first kappa shape index (κ1) is 15.0. The lowest BCUT2D eigenvalue weighted by molar-refractivity contribution is -0.162. The molecule has 1 saturated heterocycles. The van der Waals surface area contributed by atoms with Crippen LogP contribution in [0, 0.1) is 5.41 Å². The molecule has 0 bridgehead atoms. The van der Waals surface area contributed by atoms with Crippen LogP contribution in [0.15, 0.2) is 17.5 Å². The second kappa shape index (κ2) is 5.38. The summed E-state index contributed by atoms with van der Waals surface area (Å²) in [6.07, 6.45) is 2.01. The summed E-state index contributed by atoms with van der Waals surface area (Å²) in [6.45, 7) is 6.47. The SMILES string of the molecule is CCC1NC(c2cccs2)N(C2CC(OC)C2(C)C)C1=O. The molecule has 21 heavy (non-hydrogen) atoms. The van der Waals surface area contributed by atoms with Crippen LogP contribution in [-0.4, -0.2) is 36.1 Å². The number of nitrogens with one attached hydrogen (secondary N) is 1. The Morgan fingerprint density at radius 2 is 2.29 bits per heavy atom. The Labute approximate surface area is 130 Å². The molecule has 1 aliphatic carbocycles. The van der Waals surface area contributed by atoms with Gasteiger partial charge < -0.3 is 9.64 Å². The molecule has 2 fully saturated rings. The first-order chi connectivity index (χ1) is 10.0. The third-order valence-corrected chi connectivity index (χ3v) is 6.08. The highest BCUT2D eigenvalue weighted by Crippen LogP contribution is 2.49. The topological polar surface area (TPSA) is 41.6 Å². The van der Waals surface area contributed by atoms with E-state index in [9.17, 15) is 4.79 Å². The van der Waals surface area contributed by atoms with Gasteiger partial charge in [0.05, 0.1) is 12.1 Å². The largest absolute Gasteiger partial charge is 0.381 e. The van der Waals surface area contributed by atoms with Crippen LogP contribution in [0.2, 0.25) is 0 Å². The summed E-state index contributed by atoms with van der Waals surface area (Å²) in [6, 6.07) is 4.34. The van der Waals surface area contributed by atoms with Crippen molar-refractivity contribution in [3.8, 4) is 0 Å². The van der Waals surface area contributed by atoms with Gasteiger partial charge in [-0.15, -0.1) is 11.3 Å². The Balaban J connectivity index is 1.89. The predicted octanol–water partition coefficient (Wildman–Crippen LogP) is 2.77. The van der Waals surface area contributed by atoms with Crippen molar-refractivity contribution in [1.29, 1.82) is 0 Å². The summed E-state index contributed by atoms with van der Waals surface area (Å²) < 4.78 is 5.55. The van der Waals surface area contributed by atoms with E-state index < -0.39 is 0 Å². The molecule has 1 aliphatic heterocycles. The van der Waals surface area contributed by atoms with Crippen molar-refractivity contribution in [1.82, 2.24) is 10.2 Å². The van der Waals surface area contributed by atoms with Gasteiger partial charge in [-0.1, -0.05) is 26.8 Å². The van der Waals surface area contributed by atoms with E-state index in [0.29, 0.717) is 0 Å². The summed E-state index contributed by atoms with van der Waals surface area (Å²) in [7, 11) is 1.76. The number of nitrogens with zero attached hydrogens (tertiary/aromatic N) is 1. The molecule has 1 amide bonds. The third kappa shape index (κ3) is 2.22. The van der Waals surface area contributed by atoms with Gasteiger partial charge in [-0.05, 0) is 24.3 Å². The van der Waals surface area contributed by atoms with Gasteiger partial charge in [0.1, 0.15) is 6.17 Å². The normalized spacial score (nSPS) is 35.0. The molecule has 0 aromatic carbocycles. The molecule has 3 rings (SSSR count). The summed E-state index contributed by atoms with van der Waals surface area (Å²) in [5, 5.41) is 5.58. The number of hydrogen-bond donors (Lipinski definition) is 1. The molecule has 0 spiro atoms. The number of amides is 1. The van der Waals surface area contributed by atoms with Crippen molar-refractivity contribution >= 4 is 17.2 Å². The Morgan fingerprint density at radius 1 is 1.52 bits per heavy atom. The van der Waals surface area contributed by atoms with Crippen molar-refractivity contribution < 1.29 is 9.53 Å². The molecule has 1 saturated carbocycles. The summed E-state index contributed by atoms with van der Waals surface area (Å²) in [4.78, 5) is 16.1. The number of carbonyl (C=O) groups is 1. The van der Waals surface area contributed by atoms with Crippen molar-refractivity contribution in [2.45, 2.75) is 58.0 Å². The van der Waals surface area contributed by atoms with Crippen LogP contribution in [0.1, 0.15) is 44.7 Å². The highest BCUT2D eigenvalue weighted by atomic mass is 32.1. The van der Waals surface area contributed by atoms with Crippen LogP contribution in [0.25, 0.3) is 0 Å². The average molecular weight is 308 g/mol. The fraction of sp³-hybridized carbons (Fsp3) is 0.688. The number of thiophene rings is 1. The molecule has 4 unspecified atom stereocenters. The molecule has 4 nitrogen and oxygen atoms in total. The maximum Gasteiger partial charge on any atom is 0.241 e. The Bertz CT molecular complexity index is 514. The zero-order valence-electron chi connectivity index (χ0n) is 13.1. The van der Waals surface area contributed by atoms with Gasteiger partial charge in [0.15, 0.2) is 0 Å². The van der Waals surface area contributed by atoms with E-state index in [1.54, 1.807) is 18.4 Å². The maximum absolute atomic E-state index is 12.8. The first-order valence-electron chi connectivity index (χ1n) is 7.65. The highest BCUT2D eigenvalue weighted by molar-refractivity contribution is 7.10. The lowest BCUT2D eigenvalue weighted by Gasteiger charge is -2.55. The van der Waals surface area contributed by atoms with Gasteiger partial charge in [-0.25, -0.2) is 0 Å². The second-order valence-electron chi connectivity index (χ2n) is 6.59. The van der Waals surface area contributed by atoms with E-state index in [-0.39, 0.29) is 35.7 Å². The number of rotatable bonds is 4. The Morgan fingerprint density at radius 3 is 2.81 bits per heavy atom. The van der Waals surface area contributed by atoms with Crippen LogP contribution in [0.4, 0.5) is 0 Å². The van der Waals surface area contributed by atoms with Gasteiger partial charge in [0.2, 0.25) is 5.91 Å². The predicted molar refractivity (Wildman–Crippen MR) is 84.1 cm³/mol. The Kier molecular flexibility index (Phi) is 3.84. The molecular formula is C16H24N2O2S. The second-order valence-corrected chi connectivity index (χ2v) is 7.57. The van der Waals surface area contributed by atoms with E-state index in [4.69, 9.17) is 4.74 Å². The van der Waals surface area contributed by atoms with Gasteiger partial charge in [-0.3, -0.25) is 10.1 Å². The lowest BCUT2D eigenvalue weighted by atomic mass is 9.63. The molecule has 4 atom stereocenters. The Hall–Kier alpha value is -0.910. The highest BCUT2D eigenvalue weighted by Gasteiger charge is 2.56. The van der Waals surface area contributed by atoms with Crippen LogP contribution in [-0.2, 0) is 9.53 Å². The van der Waals surface area contributed by atoms with Crippen LogP contribution < -0.4 is 5.32 Å². The van der Waals surface area contributed by atoms with E-state index in [1.165, 1.54) is 4.88 Å². The van der Waals surface area contributed by atoms with Crippen molar-refractivity contribution in [3.63, 3.8) is 0 Å². The quantitative estimate of drug-likeness (QED) is 0.930. The fourth-order valence-corrected chi connectivity index (χ4v) is 4.46. The molecule has 1 aromatic heterocycles. The molecular weight excluding hydrogens is 284 g/mol. The zero-order valence-corrected chi connectivity index (χ0v) is 13.9. The van der Waals surface area contributed by atoms with Crippen molar-refractivity contribution in [2.75, 3.05) is 7.11 Å². The van der Waals surface area contributed by atoms with Crippen molar-refractivity contribution in [3.05, 3.63) is 22.4 Å². The van der Waals surface area contributed by atoms with Gasteiger partial charge in [0.25, 0.3) is 0 Å². The minimum absolute atomic E-state index is 0.00420. The van der Waals surface area contributed by atoms with E-state index >= 15 is 0 Å². The molecule has 1 aromatic rings. The molecule has 5 heteroatoms. The average Bonchev–Trinajstić information content (AvgIpc) is 3.07. The third-order valence-electron chi connectivity index (χ3n) is 5.16. The smallest absolute Gasteiger partial charge is 0.241 e. The number of methoxy groups -OCH3 is 1. The van der Waals surface area contributed by atoms with Gasteiger partial charge >= 0.3 is 0 Å². The van der Waals surface area contributed by atoms with Crippen molar-refractivity contribution in [2.24, 2.45) is 5.41 Å². The first-order valence-corrected chi connectivity index (χ1v) is 8.53. The van der Waals surface area contributed by atoms with Crippen LogP contribution >= 0.6 is 11.3 Å². The van der Waals surface area contributed by atoms with E-state index in [1.807, 2.05) is 6.07 Å². The van der Waals surface area contributed by atoms with Crippen LogP contribution in [0.5, 0.6) is 0 Å². The minimum atomic E-state index is -0.0607. The number of carbonyl (C=O) groups excluding carboxylic acids is 1. The van der Waals surface area contributed by atoms with Crippen LogP contribution in [0.3, 0.4) is 0 Å². The molecule has 2 heterocycles. The molecule has 116 valence electrons. The maximum atomic E-state index is 12.8.